The van der Waals surface area contributed by atoms with E-state index in [0.717, 1.165) is 12.2 Å². The van der Waals surface area contributed by atoms with Crippen LogP contribution in [0.25, 0.3) is 0 Å². The number of rotatable bonds is 1. The fraction of sp³-hybridized carbons (Fsp3) is 0.200. The van der Waals surface area contributed by atoms with Crippen LogP contribution in [0.15, 0.2) is 24.0 Å². The van der Waals surface area contributed by atoms with Crippen molar-refractivity contribution in [1.29, 1.82) is 0 Å². The number of allylic oxidation sites excluding steroid dienone is 3. The minimum atomic E-state index is -10.7. The van der Waals surface area contributed by atoms with E-state index < -0.39 is 7.81 Å². The van der Waals surface area contributed by atoms with Gasteiger partial charge in [0.15, 0.2) is 0 Å². The first kappa shape index (κ1) is 32.7. The normalized spacial score (nSPS) is 13.8. The summed E-state index contributed by atoms with van der Waals surface area (Å²) in [7, 11) is -8.98. The first-order valence-corrected chi connectivity index (χ1v) is 6.33. The Morgan fingerprint density at radius 3 is 1.45 bits per heavy atom. The van der Waals surface area contributed by atoms with Crippen molar-refractivity contribution in [1.82, 2.24) is 0 Å². The molecule has 0 fully saturated rings. The molecule has 0 unspecified atom stereocenters. The monoisotopic (exact) mass is 394 g/mol. The van der Waals surface area contributed by atoms with E-state index in [4.69, 9.17) is 18.7 Å². The molecule has 0 aromatic carbocycles. The second-order valence-corrected chi connectivity index (χ2v) is 4.52. The fourth-order valence-corrected chi connectivity index (χ4v) is 0.645. The molecular weight excluding hydrogens is 385 g/mol. The van der Waals surface area contributed by atoms with Crippen LogP contribution in [0.1, 0.15) is 6.42 Å². The van der Waals surface area contributed by atoms with Crippen molar-refractivity contribution in [3.8, 4) is 0 Å². The molecule has 12 heteroatoms. The summed E-state index contributed by atoms with van der Waals surface area (Å²) in [4.78, 5) is 0. The zero-order valence-corrected chi connectivity index (χ0v) is 12.7. The number of hydrogen-bond donors (Lipinski definition) is 0. The first-order valence-electron chi connectivity index (χ1n) is 4.30. The van der Waals surface area contributed by atoms with Crippen molar-refractivity contribution < 1.29 is 60.9 Å². The molecule has 4 nitrogen and oxygen atoms in total. The van der Waals surface area contributed by atoms with Gasteiger partial charge in [-0.15, -0.1) is 0 Å². The van der Waals surface area contributed by atoms with Gasteiger partial charge in [-0.2, -0.15) is 0 Å². The number of ether oxygens (including phenoxy) is 1. The second-order valence-electron chi connectivity index (χ2n) is 2.60. The molecule has 0 saturated heterocycles. The maximum absolute atomic E-state index is 10.7. The van der Waals surface area contributed by atoms with Crippen LogP contribution in [0.2, 0.25) is 0 Å². The fourth-order valence-electron chi connectivity index (χ4n) is 0.645. The molecule has 1 aliphatic carbocycles. The maximum Gasteiger partial charge on any atom is 0 e. The van der Waals surface area contributed by atoms with Gasteiger partial charge in [0, 0.05) is 29.6 Å². The van der Waals surface area contributed by atoms with Crippen LogP contribution in [0.4, 0.5) is 25.2 Å². The molecule has 0 aliphatic heterocycles. The van der Waals surface area contributed by atoms with Crippen LogP contribution in [-0.2, 0) is 35.8 Å². The van der Waals surface area contributed by atoms with Crippen LogP contribution in [0.5, 0.6) is 0 Å². The molecule has 22 heavy (non-hydrogen) atoms. The molecule has 0 radical (unpaired) electrons. The number of hydrogen-bond acceptors (Lipinski definition) is 1. The smallest absolute Gasteiger partial charge is 0 e. The molecule has 0 spiro atoms. The van der Waals surface area contributed by atoms with E-state index in [2.05, 4.69) is 26.4 Å². The number of methoxy groups -OCH3 is 1. The first-order chi connectivity index (χ1) is 9.38. The largest absolute Gasteiger partial charge is 0 e. The second kappa shape index (κ2) is 13.6. The van der Waals surface area contributed by atoms with E-state index in [1.807, 2.05) is 18.2 Å². The summed E-state index contributed by atoms with van der Waals surface area (Å²) in [6.45, 7) is 13.5. The van der Waals surface area contributed by atoms with Crippen molar-refractivity contribution >= 4 is 7.81 Å². The Morgan fingerprint density at radius 2 is 1.32 bits per heavy atom. The van der Waals surface area contributed by atoms with E-state index in [9.17, 15) is 25.2 Å². The van der Waals surface area contributed by atoms with Crippen LogP contribution in [0.3, 0.4) is 0 Å². The predicted molar refractivity (Wildman–Crippen MR) is 58.5 cm³/mol. The average molecular weight is 394 g/mol. The van der Waals surface area contributed by atoms with Gasteiger partial charge in [-0.05, 0) is 0 Å². The predicted octanol–water partition coefficient (Wildman–Crippen LogP) is 4.95. The van der Waals surface area contributed by atoms with E-state index >= 15 is 0 Å². The van der Waals surface area contributed by atoms with Gasteiger partial charge in [0.25, 0.3) is 0 Å². The van der Waals surface area contributed by atoms with Crippen molar-refractivity contribution in [2.24, 2.45) is 0 Å². The van der Waals surface area contributed by atoms with Crippen LogP contribution in [0, 0.1) is 26.4 Å². The summed E-state index contributed by atoms with van der Waals surface area (Å²) >= 11 is 0. The molecule has 0 amide bonds. The third-order valence-electron chi connectivity index (χ3n) is 1.09. The van der Waals surface area contributed by atoms with Gasteiger partial charge in [0.2, 0.25) is 5.76 Å². The molecule has 0 saturated carbocycles. The molecule has 0 atom stereocenters. The molecule has 0 heterocycles. The van der Waals surface area contributed by atoms with Gasteiger partial charge in [-0.25, -0.2) is 0 Å². The molecule has 0 bridgehead atoms. The summed E-state index contributed by atoms with van der Waals surface area (Å²) in [5.41, 5.74) is 0. The van der Waals surface area contributed by atoms with Crippen molar-refractivity contribution in [3.05, 3.63) is 50.4 Å². The van der Waals surface area contributed by atoms with Gasteiger partial charge in [-0.1, -0.05) is 0 Å². The molecule has 1 rings (SSSR count). The zero-order valence-electron chi connectivity index (χ0n) is 10.7. The van der Waals surface area contributed by atoms with Crippen molar-refractivity contribution in [3.63, 3.8) is 0 Å². The van der Waals surface area contributed by atoms with E-state index in [0.29, 0.717) is 0 Å². The van der Waals surface area contributed by atoms with Gasteiger partial charge >= 0.3 is 66.9 Å². The molecular formula is C10H9F6FeO4P. The van der Waals surface area contributed by atoms with Crippen LogP contribution < -0.4 is 0 Å². The topological polar surface area (TPSA) is 68.9 Å². The summed E-state index contributed by atoms with van der Waals surface area (Å²) in [6.07, 6.45) is 9.07. The maximum atomic E-state index is 9.87. The van der Waals surface area contributed by atoms with E-state index in [1.165, 1.54) is 0 Å². The Kier molecular flexibility index (Phi) is 20.2. The summed E-state index contributed by atoms with van der Waals surface area (Å²) in [5, 5.41) is 0. The van der Waals surface area contributed by atoms with Gasteiger partial charge in [0.05, 0.1) is 19.6 Å². The van der Waals surface area contributed by atoms with Crippen molar-refractivity contribution in [2.45, 2.75) is 6.42 Å². The molecule has 0 aromatic rings. The minimum Gasteiger partial charge on any atom is 0 e. The standard InChI is InChI=1S/C7H9O.3CO.F6P.Fe/c1-8-7-5-3-2-4-6-7;3*1-2;1-7(2,3,4,5)6;/h2-3,5-6H,4H2,1H3;;;;;/q+1;;;;-1;. The van der Waals surface area contributed by atoms with E-state index in [-0.39, 0.29) is 17.1 Å². The van der Waals surface area contributed by atoms with Gasteiger partial charge < -0.3 is 4.74 Å². The molecule has 0 aromatic heterocycles. The third kappa shape index (κ3) is 76.5. The van der Waals surface area contributed by atoms with Crippen LogP contribution >= 0.6 is 7.81 Å². The van der Waals surface area contributed by atoms with Gasteiger partial charge in [-0.3, -0.25) is 0 Å². The summed E-state index contributed by atoms with van der Waals surface area (Å²) in [6, 6.07) is 0. The van der Waals surface area contributed by atoms with Crippen molar-refractivity contribution in [2.75, 3.05) is 7.11 Å². The average Bonchev–Trinajstić information content (AvgIpc) is 2.43. The van der Waals surface area contributed by atoms with Gasteiger partial charge in [0.1, 0.15) is 6.08 Å². The number of halogens is 6. The van der Waals surface area contributed by atoms with Crippen LogP contribution in [-0.4, -0.2) is 7.11 Å². The zero-order chi connectivity index (χ0) is 18.2. The third-order valence-corrected chi connectivity index (χ3v) is 1.09. The Morgan fingerprint density at radius 1 is 1.00 bits per heavy atom. The summed E-state index contributed by atoms with van der Waals surface area (Å²) < 4.78 is 86.6. The quantitative estimate of drug-likeness (QED) is 0.204. The SMILES string of the molecule is COC1=CC[CH+]C=C1.F[P-](F)(F)(F)(F)F.[C-]#[O+].[C-]#[O+].[C-]#[O+].[Fe]. The molecule has 0 N–H and O–H groups in total. The molecule has 128 valence electrons. The molecule has 1 aliphatic rings. The Hall–Kier alpha value is -1.10. The minimum absolute atomic E-state index is 0. The Labute approximate surface area is 133 Å². The van der Waals surface area contributed by atoms with E-state index in [1.54, 1.807) is 7.11 Å². The Bertz CT molecular complexity index is 370. The Balaban J connectivity index is -0.0000000635. The summed E-state index contributed by atoms with van der Waals surface area (Å²) in [5.74, 6) is 0.965.